The van der Waals surface area contributed by atoms with Crippen LogP contribution < -0.4 is 76.1 Å². The summed E-state index contributed by atoms with van der Waals surface area (Å²) in [5, 5.41) is 124. The number of nitrogens with one attached hydrogen (secondary N) is 5. The van der Waals surface area contributed by atoms with Crippen molar-refractivity contribution in [2.45, 2.75) is 138 Å². The standard InChI is InChI=1S/C55H74N10O22S2.Na/c1-27-25-65-45(46(27)73)52(79)57-24-31(67)21-34(58-40(72)10-6-7-11-41-62-63-53(88-41)29-12-15-33(16-13-29)84-19-9-5-4-8-18-83-3)49(76)59-42(28(2)66)54(80)64-26-32(68)22-35(64)50(77)61-44(51(78)60-43(55(65)81)37(70)23-39(56)71)48(75)47(74)30-14-17-36(69)38(20-30)85-89-87-86-82;/h6-7,10-17,20,27-28,31-32,34-35,37,42-48,66-70,73-75,82H,4-5,8-9,18-19,21-26H2,1-3H3,(H2,56,71)(H,57,79)(H,58,72)(H,59,76)(H,60,78)(H,61,77);/q;+1/p-1/b10-6+,11-7+;. The van der Waals surface area contributed by atoms with E-state index in [2.05, 4.69) is 46.2 Å². The van der Waals surface area contributed by atoms with E-state index in [0.717, 1.165) is 74.0 Å². The van der Waals surface area contributed by atoms with E-state index in [1.807, 2.05) is 24.3 Å². The average Bonchev–Trinajstić information content (AvgIpc) is 2.20. The Morgan fingerprint density at radius 2 is 1.52 bits per heavy atom. The number of nitrogens with two attached hydrogens (primary N) is 1. The Kier molecular flexibility index (Phi) is 29.7. The molecule has 3 fully saturated rings. The van der Waals surface area contributed by atoms with Crippen molar-refractivity contribution in [3.05, 3.63) is 71.3 Å². The number of rotatable bonds is 24. The van der Waals surface area contributed by atoms with Gasteiger partial charge in [-0.2, -0.15) is 0 Å². The molecule has 0 bridgehead atoms. The number of aromatic hydroxyl groups is 1. The van der Waals surface area contributed by atoms with E-state index in [-0.39, 0.29) is 47.4 Å². The molecule has 1 aromatic heterocycles. The van der Waals surface area contributed by atoms with Gasteiger partial charge in [0.1, 0.15) is 64.2 Å². The number of aliphatic hydroxyl groups is 7. The predicted octanol–water partition coefficient (Wildman–Crippen LogP) is -7.06. The molecule has 14 unspecified atom stereocenters. The van der Waals surface area contributed by atoms with Crippen LogP contribution in [0.1, 0.15) is 75.5 Å². The number of phenolic OH excluding ortho intramolecular Hbond substituents is 1. The summed E-state index contributed by atoms with van der Waals surface area (Å²) in [6.45, 7) is 1.95. The van der Waals surface area contributed by atoms with Gasteiger partial charge in [0.25, 0.3) is 12.3 Å². The largest absolute Gasteiger partial charge is 1.00 e. The smallest absolute Gasteiger partial charge is 0.691 e. The average molecular weight is 1310 g/mol. The summed E-state index contributed by atoms with van der Waals surface area (Å²) in [5.74, 6) is -11.4. The second kappa shape index (κ2) is 36.0. The Bertz CT molecular complexity index is 2990. The van der Waals surface area contributed by atoms with Crippen LogP contribution >= 0.6 is 23.7 Å². The van der Waals surface area contributed by atoms with Crippen LogP contribution in [0.25, 0.3) is 16.6 Å². The Morgan fingerprint density at radius 1 is 0.844 bits per heavy atom. The van der Waals surface area contributed by atoms with Crippen molar-refractivity contribution < 1.29 is 137 Å². The number of ether oxygens (including phenoxy) is 2. The zero-order chi connectivity index (χ0) is 65.1. The van der Waals surface area contributed by atoms with Gasteiger partial charge in [-0.3, -0.25) is 43.4 Å². The topological polar surface area (TPSA) is 486 Å². The normalized spacial score (nSPS) is 25.4. The molecule has 0 spiro atoms. The molecule has 4 heterocycles. The minimum atomic E-state index is -2.54. The van der Waals surface area contributed by atoms with Crippen molar-refractivity contribution in [2.24, 2.45) is 11.7 Å². The summed E-state index contributed by atoms with van der Waals surface area (Å²) < 4.78 is 20.0. The second-order valence-corrected chi connectivity index (χ2v) is 22.8. The van der Waals surface area contributed by atoms with Gasteiger partial charge in [0.15, 0.2) is 11.5 Å². The van der Waals surface area contributed by atoms with Gasteiger partial charge >= 0.3 is 29.6 Å². The van der Waals surface area contributed by atoms with Crippen LogP contribution in [0, 0.1) is 5.92 Å². The summed E-state index contributed by atoms with van der Waals surface area (Å²) >= 11 is 1.16. The minimum absolute atomic E-state index is 0. The summed E-state index contributed by atoms with van der Waals surface area (Å²) in [7, 11) is 1.67. The van der Waals surface area contributed by atoms with E-state index in [1.54, 1.807) is 13.2 Å². The Labute approximate surface area is 546 Å². The second-order valence-electron chi connectivity index (χ2n) is 21.3. The van der Waals surface area contributed by atoms with Gasteiger partial charge in [-0.05, 0) is 74.2 Å². The molecule has 32 nitrogen and oxygen atoms in total. The number of primary amides is 1. The third-order valence-electron chi connectivity index (χ3n) is 14.6. The van der Waals surface area contributed by atoms with Gasteiger partial charge in [0.05, 0.1) is 43.5 Å². The molecule has 90 heavy (non-hydrogen) atoms. The molecule has 3 aliphatic rings. The molecule has 2 aromatic carbocycles. The monoisotopic (exact) mass is 1310 g/mol. The van der Waals surface area contributed by atoms with E-state index in [1.165, 1.54) is 30.4 Å². The number of carbonyl (C=O) groups is 8. The fraction of sp³-hybridized carbons (Fsp3) is 0.527. The van der Waals surface area contributed by atoms with E-state index in [4.69, 9.17) is 19.4 Å². The van der Waals surface area contributed by atoms with Crippen molar-refractivity contribution >= 4 is 77.0 Å². The molecule has 0 aliphatic carbocycles. The number of amides is 8. The number of benzene rings is 2. The van der Waals surface area contributed by atoms with Crippen molar-refractivity contribution in [1.29, 1.82) is 0 Å². The third-order valence-corrected chi connectivity index (χ3v) is 15.9. The van der Waals surface area contributed by atoms with Gasteiger partial charge in [-0.15, -0.1) is 14.5 Å². The summed E-state index contributed by atoms with van der Waals surface area (Å²) in [6, 6.07) is -2.08. The van der Waals surface area contributed by atoms with Gasteiger partial charge in [-0.1, -0.05) is 42.9 Å². The molecular weight excluding hydrogens is 1240 g/mol. The summed E-state index contributed by atoms with van der Waals surface area (Å²) in [5.41, 5.74) is 5.78. The SMILES string of the molecule is COCCCCCCOc1ccc(-c2nnc(/C=C/C=C/C(=O)NC3CC(O)CNC(=O)C4C(O)C(C)CN4C(=O)C(C(O)CC(N)=O)NC(=O)C(C(O)C(O)c4ccc(O)c(OSOO[O-])c4)NC(=O)C4CC(O)CN4C(=O)C(C(C)O)NC3=O)s2)cc1.[Na+]. The van der Waals surface area contributed by atoms with E-state index >= 15 is 0 Å². The number of fused-ring (bicyclic) bond motifs is 2. The summed E-state index contributed by atoms with van der Waals surface area (Å²) in [6.07, 6.45) is -6.90. The van der Waals surface area contributed by atoms with E-state index in [0.29, 0.717) is 27.3 Å². The quantitative estimate of drug-likeness (QED) is 0.00754. The number of aromatic nitrogens is 2. The molecule has 3 saturated heterocycles. The number of β-amino-alcohol motifs (C(OH)–C–C–N with tert-alkyl or cyclic N) is 1. The van der Waals surface area contributed by atoms with Crippen molar-refractivity contribution in [1.82, 2.24) is 46.6 Å². The van der Waals surface area contributed by atoms with E-state index < -0.39 is 183 Å². The zero-order valence-electron chi connectivity index (χ0n) is 49.4. The van der Waals surface area contributed by atoms with Crippen LogP contribution in [0.3, 0.4) is 0 Å². The third kappa shape index (κ3) is 20.8. The molecule has 6 rings (SSSR count). The van der Waals surface area contributed by atoms with Crippen LogP contribution in [0.4, 0.5) is 0 Å². The van der Waals surface area contributed by atoms with Crippen molar-refractivity contribution in [3.63, 3.8) is 0 Å². The maximum absolute atomic E-state index is 14.6. The van der Waals surface area contributed by atoms with Gasteiger partial charge in [-0.25, -0.2) is 0 Å². The Morgan fingerprint density at radius 3 is 2.20 bits per heavy atom. The molecule has 3 aromatic rings. The number of methoxy groups -OCH3 is 1. The van der Waals surface area contributed by atoms with Crippen molar-refractivity contribution in [2.75, 3.05) is 40.0 Å². The molecule has 14 atom stereocenters. The molecule has 488 valence electrons. The Hall–Kier alpha value is -6.45. The molecule has 8 amide bonds. The first-order valence-electron chi connectivity index (χ1n) is 28.1. The first-order valence-corrected chi connectivity index (χ1v) is 29.6. The first kappa shape index (κ1) is 74.3. The van der Waals surface area contributed by atoms with Crippen LogP contribution in [0.15, 0.2) is 60.7 Å². The zero-order valence-corrected chi connectivity index (χ0v) is 53.0. The maximum atomic E-state index is 14.6. The fourth-order valence-corrected chi connectivity index (χ4v) is 11.0. The molecule has 0 radical (unpaired) electrons. The van der Waals surface area contributed by atoms with Gasteiger partial charge < -0.3 is 102 Å². The summed E-state index contributed by atoms with van der Waals surface area (Å²) in [4.78, 5) is 114. The minimum Gasteiger partial charge on any atom is -0.691 e. The maximum Gasteiger partial charge on any atom is 1.00 e. The van der Waals surface area contributed by atoms with Gasteiger partial charge in [0, 0.05) is 63.7 Å². The predicted molar refractivity (Wildman–Crippen MR) is 308 cm³/mol. The number of carbonyl (C=O) groups excluding carboxylic acids is 8. The molecule has 35 heteroatoms. The van der Waals surface area contributed by atoms with Gasteiger partial charge in [0.2, 0.25) is 47.3 Å². The van der Waals surface area contributed by atoms with Crippen molar-refractivity contribution in [3.8, 4) is 27.8 Å². The van der Waals surface area contributed by atoms with Crippen LogP contribution in [0.2, 0.25) is 0 Å². The van der Waals surface area contributed by atoms with Crippen LogP contribution in [0.5, 0.6) is 17.2 Å². The number of hydrogen-bond acceptors (Lipinski definition) is 26. The first-order chi connectivity index (χ1) is 42.4. The number of phenols is 1. The molecule has 0 saturated carbocycles. The number of hydrogen-bond donors (Lipinski definition) is 14. The Balaban J connectivity index is 0.0000147. The molecular formula is C55H73N10NaO22S2. The number of allylic oxidation sites excluding steroid dienone is 2. The van der Waals surface area contributed by atoms with E-state index in [9.17, 15) is 84.5 Å². The van der Waals surface area contributed by atoms with Crippen LogP contribution in [-0.2, 0) is 52.5 Å². The number of unbranched alkanes of at least 4 members (excludes halogenated alkanes) is 3. The number of nitrogens with zero attached hydrogens (tertiary/aromatic N) is 4. The molecule has 15 N–H and O–H groups in total. The molecule has 3 aliphatic heterocycles. The fourth-order valence-electron chi connectivity index (χ4n) is 9.94. The number of aliphatic hydroxyl groups excluding tert-OH is 7. The van der Waals surface area contributed by atoms with Crippen LogP contribution in [-0.4, -0.2) is 221 Å².